The second-order valence-electron chi connectivity index (χ2n) is 3.70. The number of nitrogens with one attached hydrogen (secondary N) is 1. The summed E-state index contributed by atoms with van der Waals surface area (Å²) in [6.45, 7) is 5.65. The molecule has 0 bridgehead atoms. The van der Waals surface area contributed by atoms with Gasteiger partial charge in [-0.25, -0.2) is 4.98 Å². The number of nitrogens with zero attached hydrogens (tertiary/aromatic N) is 3. The van der Waals surface area contributed by atoms with E-state index >= 15 is 0 Å². The molecule has 0 aromatic carbocycles. The van der Waals surface area contributed by atoms with E-state index in [2.05, 4.69) is 22.3 Å². The lowest BCUT2D eigenvalue weighted by Crippen LogP contribution is -2.12. The van der Waals surface area contributed by atoms with E-state index in [1.54, 1.807) is 0 Å². The quantitative estimate of drug-likeness (QED) is 0.848. The normalized spacial score (nSPS) is 10.9. The van der Waals surface area contributed by atoms with Gasteiger partial charge in [-0.15, -0.1) is 0 Å². The highest BCUT2D eigenvalue weighted by molar-refractivity contribution is 5.55. The molecule has 0 amide bonds. The summed E-state index contributed by atoms with van der Waals surface area (Å²) in [5.41, 5.74) is 2.86. The molecule has 0 spiro atoms. The molecule has 2 rings (SSSR count). The summed E-state index contributed by atoms with van der Waals surface area (Å²) in [5.74, 6) is 0.795. The smallest absolute Gasteiger partial charge is 0.181 e. The molecule has 2 heterocycles. The van der Waals surface area contributed by atoms with E-state index in [-0.39, 0.29) is 0 Å². The lowest BCUT2D eigenvalue weighted by atomic mass is 10.2. The van der Waals surface area contributed by atoms with Crippen molar-refractivity contribution >= 4 is 0 Å². The van der Waals surface area contributed by atoms with E-state index in [0.29, 0.717) is 6.54 Å². The average molecular weight is 220 g/mol. The lowest BCUT2D eigenvalue weighted by Gasteiger charge is -2.01. The highest BCUT2D eigenvalue weighted by Crippen LogP contribution is 2.23. The molecule has 5 nitrogen and oxygen atoms in total. The van der Waals surface area contributed by atoms with Crippen LogP contribution in [0.2, 0.25) is 0 Å². The average Bonchev–Trinajstić information content (AvgIpc) is 2.81. The van der Waals surface area contributed by atoms with Gasteiger partial charge in [-0.1, -0.05) is 6.92 Å². The standard InChI is InChI=1S/C11H16N4O/c1-4-12-6-9-11(16-7-13-9)10-5-8(2)14-15(10)3/h5,7,12H,4,6H2,1-3H3. The second kappa shape index (κ2) is 4.49. The van der Waals surface area contributed by atoms with Gasteiger partial charge in [-0.2, -0.15) is 5.10 Å². The summed E-state index contributed by atoms with van der Waals surface area (Å²) >= 11 is 0. The van der Waals surface area contributed by atoms with Crippen molar-refractivity contribution in [2.45, 2.75) is 20.4 Å². The van der Waals surface area contributed by atoms with Crippen LogP contribution in [0.1, 0.15) is 18.3 Å². The Morgan fingerprint density at radius 3 is 2.94 bits per heavy atom. The zero-order valence-electron chi connectivity index (χ0n) is 9.82. The third-order valence-corrected chi connectivity index (χ3v) is 2.42. The van der Waals surface area contributed by atoms with Gasteiger partial charge in [0.25, 0.3) is 0 Å². The summed E-state index contributed by atoms with van der Waals surface area (Å²) in [4.78, 5) is 4.21. The number of hydrogen-bond donors (Lipinski definition) is 1. The van der Waals surface area contributed by atoms with Crippen molar-refractivity contribution < 1.29 is 4.42 Å². The van der Waals surface area contributed by atoms with Crippen molar-refractivity contribution in [2.24, 2.45) is 7.05 Å². The number of aryl methyl sites for hydroxylation is 2. The van der Waals surface area contributed by atoms with E-state index in [9.17, 15) is 0 Å². The second-order valence-corrected chi connectivity index (χ2v) is 3.70. The van der Waals surface area contributed by atoms with Crippen molar-refractivity contribution in [1.29, 1.82) is 0 Å². The Kier molecular flexibility index (Phi) is 3.05. The summed E-state index contributed by atoms with van der Waals surface area (Å²) in [7, 11) is 1.90. The van der Waals surface area contributed by atoms with Gasteiger partial charge in [0, 0.05) is 13.6 Å². The van der Waals surface area contributed by atoms with E-state index in [1.165, 1.54) is 6.39 Å². The fourth-order valence-electron chi connectivity index (χ4n) is 1.67. The first-order valence-corrected chi connectivity index (χ1v) is 5.36. The Morgan fingerprint density at radius 2 is 2.31 bits per heavy atom. The number of oxazole rings is 1. The van der Waals surface area contributed by atoms with Crippen LogP contribution in [0.15, 0.2) is 16.9 Å². The van der Waals surface area contributed by atoms with Gasteiger partial charge in [0.2, 0.25) is 0 Å². The van der Waals surface area contributed by atoms with Crippen molar-refractivity contribution in [1.82, 2.24) is 20.1 Å². The van der Waals surface area contributed by atoms with Crippen molar-refractivity contribution in [2.75, 3.05) is 6.54 Å². The maximum Gasteiger partial charge on any atom is 0.181 e. The van der Waals surface area contributed by atoms with Crippen LogP contribution < -0.4 is 5.32 Å². The van der Waals surface area contributed by atoms with Gasteiger partial charge in [0.1, 0.15) is 11.4 Å². The maximum absolute atomic E-state index is 5.43. The van der Waals surface area contributed by atoms with E-state index in [4.69, 9.17) is 4.42 Å². The van der Waals surface area contributed by atoms with Gasteiger partial charge >= 0.3 is 0 Å². The Hall–Kier alpha value is -1.62. The molecule has 0 atom stereocenters. The molecule has 0 radical (unpaired) electrons. The summed E-state index contributed by atoms with van der Waals surface area (Å²) in [6.07, 6.45) is 1.48. The minimum absolute atomic E-state index is 0.715. The van der Waals surface area contributed by atoms with Crippen LogP contribution in [0.25, 0.3) is 11.5 Å². The molecular weight excluding hydrogens is 204 g/mol. The predicted molar refractivity (Wildman–Crippen MR) is 60.8 cm³/mol. The minimum atomic E-state index is 0.715. The van der Waals surface area contributed by atoms with Gasteiger partial charge in [-0.05, 0) is 19.5 Å². The Balaban J connectivity index is 2.33. The third kappa shape index (κ3) is 1.99. The fourth-order valence-corrected chi connectivity index (χ4v) is 1.67. The van der Waals surface area contributed by atoms with Gasteiger partial charge in [-0.3, -0.25) is 4.68 Å². The summed E-state index contributed by atoms with van der Waals surface area (Å²) in [6, 6.07) is 2.00. The predicted octanol–water partition coefficient (Wildman–Crippen LogP) is 1.49. The highest BCUT2D eigenvalue weighted by atomic mass is 16.3. The molecule has 86 valence electrons. The zero-order chi connectivity index (χ0) is 11.5. The maximum atomic E-state index is 5.43. The Bertz CT molecular complexity index is 472. The summed E-state index contributed by atoms with van der Waals surface area (Å²) < 4.78 is 7.24. The SMILES string of the molecule is CCNCc1ncoc1-c1cc(C)nn1C. The molecular formula is C11H16N4O. The number of hydrogen-bond acceptors (Lipinski definition) is 4. The molecule has 0 aliphatic heterocycles. The molecule has 1 N–H and O–H groups in total. The first kappa shape index (κ1) is 10.9. The highest BCUT2D eigenvalue weighted by Gasteiger charge is 2.14. The van der Waals surface area contributed by atoms with Crippen LogP contribution in [0, 0.1) is 6.92 Å². The van der Waals surface area contributed by atoms with Gasteiger partial charge in [0.15, 0.2) is 12.2 Å². The monoisotopic (exact) mass is 220 g/mol. The van der Waals surface area contributed by atoms with Crippen LogP contribution in [-0.4, -0.2) is 21.3 Å². The summed E-state index contributed by atoms with van der Waals surface area (Å²) in [5, 5.41) is 7.53. The van der Waals surface area contributed by atoms with Crippen molar-refractivity contribution in [3.63, 3.8) is 0 Å². The van der Waals surface area contributed by atoms with Gasteiger partial charge in [0.05, 0.1) is 5.69 Å². The van der Waals surface area contributed by atoms with Crippen LogP contribution in [0.3, 0.4) is 0 Å². The molecule has 0 aliphatic rings. The third-order valence-electron chi connectivity index (χ3n) is 2.42. The number of aromatic nitrogens is 3. The van der Waals surface area contributed by atoms with Crippen LogP contribution in [0.4, 0.5) is 0 Å². The minimum Gasteiger partial charge on any atom is -0.442 e. The van der Waals surface area contributed by atoms with Crippen LogP contribution in [-0.2, 0) is 13.6 Å². The number of rotatable bonds is 4. The molecule has 0 aliphatic carbocycles. The van der Waals surface area contributed by atoms with E-state index < -0.39 is 0 Å². The zero-order valence-corrected chi connectivity index (χ0v) is 9.82. The molecule has 5 heteroatoms. The van der Waals surface area contributed by atoms with E-state index in [0.717, 1.165) is 29.4 Å². The first-order chi connectivity index (χ1) is 7.72. The molecule has 16 heavy (non-hydrogen) atoms. The van der Waals surface area contributed by atoms with Crippen LogP contribution >= 0.6 is 0 Å². The van der Waals surface area contributed by atoms with Gasteiger partial charge < -0.3 is 9.73 Å². The topological polar surface area (TPSA) is 55.9 Å². The Morgan fingerprint density at radius 1 is 1.50 bits per heavy atom. The molecule has 0 saturated carbocycles. The first-order valence-electron chi connectivity index (χ1n) is 5.36. The van der Waals surface area contributed by atoms with Crippen molar-refractivity contribution in [3.8, 4) is 11.5 Å². The van der Waals surface area contributed by atoms with Crippen molar-refractivity contribution in [3.05, 3.63) is 23.8 Å². The molecule has 0 unspecified atom stereocenters. The largest absolute Gasteiger partial charge is 0.442 e. The lowest BCUT2D eigenvalue weighted by molar-refractivity contribution is 0.561. The molecule has 2 aromatic rings. The van der Waals surface area contributed by atoms with E-state index in [1.807, 2.05) is 24.7 Å². The van der Waals surface area contributed by atoms with Crippen LogP contribution in [0.5, 0.6) is 0 Å². The fraction of sp³-hybridized carbons (Fsp3) is 0.455. The molecule has 0 saturated heterocycles. The molecule has 2 aromatic heterocycles. The molecule has 0 fully saturated rings. The Labute approximate surface area is 94.5 Å².